The number of nitrogen functional groups attached to an aromatic ring is 1. The number of Topliss-reactive ketones (excluding diaryl/α,β-unsaturated/α-hetero) is 1. The molecule has 0 saturated carbocycles. The number of carbonyl (C=O) groups is 1. The van der Waals surface area contributed by atoms with Gasteiger partial charge in [0.05, 0.1) is 5.56 Å². The summed E-state index contributed by atoms with van der Waals surface area (Å²) in [4.78, 5) is 11.3. The molecule has 0 aliphatic carbocycles. The van der Waals surface area contributed by atoms with Crippen LogP contribution in [0.1, 0.15) is 22.8 Å². The van der Waals surface area contributed by atoms with E-state index in [1.807, 2.05) is 6.07 Å². The Balaban J connectivity index is 2.32. The van der Waals surface area contributed by atoms with E-state index in [4.69, 9.17) is 15.7 Å². The molecular weight excluding hydrogens is 240 g/mol. The molecule has 0 aromatic heterocycles. The lowest BCUT2D eigenvalue weighted by Crippen LogP contribution is -1.99. The second kappa shape index (κ2) is 5.23. The molecule has 19 heavy (non-hydrogen) atoms. The molecular formula is C15H12N2O2. The lowest BCUT2D eigenvalue weighted by Gasteiger charge is -2.09. The van der Waals surface area contributed by atoms with E-state index in [9.17, 15) is 4.79 Å². The number of nitrogens with two attached hydrogens (primary N) is 1. The zero-order valence-corrected chi connectivity index (χ0v) is 10.4. The third kappa shape index (κ3) is 2.72. The van der Waals surface area contributed by atoms with Gasteiger partial charge in [-0.1, -0.05) is 12.1 Å². The maximum atomic E-state index is 11.3. The Morgan fingerprint density at radius 3 is 2.63 bits per heavy atom. The van der Waals surface area contributed by atoms with Gasteiger partial charge in [-0.25, -0.2) is 0 Å². The van der Waals surface area contributed by atoms with Gasteiger partial charge >= 0.3 is 0 Å². The van der Waals surface area contributed by atoms with Crippen molar-refractivity contribution >= 4 is 11.5 Å². The van der Waals surface area contributed by atoms with E-state index in [2.05, 4.69) is 0 Å². The van der Waals surface area contributed by atoms with Crippen molar-refractivity contribution in [1.82, 2.24) is 0 Å². The molecule has 0 spiro atoms. The summed E-state index contributed by atoms with van der Waals surface area (Å²) in [5.74, 6) is 0.853. The normalized spacial score (nSPS) is 9.68. The molecule has 0 radical (unpaired) electrons. The molecule has 0 saturated heterocycles. The summed E-state index contributed by atoms with van der Waals surface area (Å²) in [6.07, 6.45) is 0. The van der Waals surface area contributed by atoms with Gasteiger partial charge in [0.15, 0.2) is 5.78 Å². The summed E-state index contributed by atoms with van der Waals surface area (Å²) in [6.45, 7) is 1.46. The molecule has 4 heteroatoms. The van der Waals surface area contributed by atoms with Crippen LogP contribution in [0.15, 0.2) is 42.5 Å². The van der Waals surface area contributed by atoms with Crippen molar-refractivity contribution in [2.24, 2.45) is 0 Å². The Bertz CT molecular complexity index is 672. The summed E-state index contributed by atoms with van der Waals surface area (Å²) >= 11 is 0. The van der Waals surface area contributed by atoms with Gasteiger partial charge < -0.3 is 10.5 Å². The Labute approximate surface area is 111 Å². The highest BCUT2D eigenvalue weighted by atomic mass is 16.5. The minimum atomic E-state index is -0.0959. The van der Waals surface area contributed by atoms with Crippen LogP contribution in [0.25, 0.3) is 0 Å². The van der Waals surface area contributed by atoms with Gasteiger partial charge in [0.2, 0.25) is 0 Å². The van der Waals surface area contributed by atoms with Gasteiger partial charge in [-0.3, -0.25) is 4.79 Å². The standard InChI is InChI=1S/C15H12N2O2/c1-10(18)13-7-6-12(8-14(13)17)19-15-5-3-2-4-11(15)9-16/h2-8H,17H2,1H3. The van der Waals surface area contributed by atoms with E-state index in [0.717, 1.165) is 0 Å². The molecule has 94 valence electrons. The predicted molar refractivity (Wildman–Crippen MR) is 72.1 cm³/mol. The Kier molecular flexibility index (Phi) is 3.48. The Morgan fingerprint density at radius 1 is 1.26 bits per heavy atom. The molecule has 2 rings (SSSR count). The molecule has 0 fully saturated rings. The average Bonchev–Trinajstić information content (AvgIpc) is 2.39. The van der Waals surface area contributed by atoms with Gasteiger partial charge in [0.25, 0.3) is 0 Å². The van der Waals surface area contributed by atoms with Crippen molar-refractivity contribution in [3.05, 3.63) is 53.6 Å². The molecule has 0 bridgehead atoms. The van der Waals surface area contributed by atoms with Gasteiger partial charge in [-0.05, 0) is 31.2 Å². The summed E-state index contributed by atoms with van der Waals surface area (Å²) < 4.78 is 5.60. The highest BCUT2D eigenvalue weighted by Crippen LogP contribution is 2.27. The fraction of sp³-hybridized carbons (Fsp3) is 0.0667. The van der Waals surface area contributed by atoms with Crippen LogP contribution in [-0.4, -0.2) is 5.78 Å². The van der Waals surface area contributed by atoms with Crippen LogP contribution >= 0.6 is 0 Å². The molecule has 0 unspecified atom stereocenters. The average molecular weight is 252 g/mol. The fourth-order valence-electron chi connectivity index (χ4n) is 1.70. The van der Waals surface area contributed by atoms with Crippen LogP contribution in [0.3, 0.4) is 0 Å². The minimum Gasteiger partial charge on any atom is -0.456 e. The van der Waals surface area contributed by atoms with Crippen molar-refractivity contribution in [3.8, 4) is 17.6 Å². The fourth-order valence-corrected chi connectivity index (χ4v) is 1.70. The molecule has 2 aromatic carbocycles. The number of hydrogen-bond acceptors (Lipinski definition) is 4. The number of para-hydroxylation sites is 1. The molecule has 0 atom stereocenters. The van der Waals surface area contributed by atoms with Crippen LogP contribution < -0.4 is 10.5 Å². The number of carbonyl (C=O) groups excluding carboxylic acids is 1. The molecule has 0 aliphatic rings. The zero-order chi connectivity index (χ0) is 13.8. The SMILES string of the molecule is CC(=O)c1ccc(Oc2ccccc2C#N)cc1N. The second-order valence-electron chi connectivity index (χ2n) is 4.02. The minimum absolute atomic E-state index is 0.0959. The van der Waals surface area contributed by atoms with Crippen molar-refractivity contribution in [1.29, 1.82) is 5.26 Å². The lowest BCUT2D eigenvalue weighted by molar-refractivity contribution is 0.101. The van der Waals surface area contributed by atoms with Crippen LogP contribution in [0, 0.1) is 11.3 Å². The van der Waals surface area contributed by atoms with E-state index < -0.39 is 0 Å². The third-order valence-electron chi connectivity index (χ3n) is 2.64. The second-order valence-corrected chi connectivity index (χ2v) is 4.02. The first-order chi connectivity index (χ1) is 9.11. The van der Waals surface area contributed by atoms with Gasteiger partial charge in [-0.2, -0.15) is 5.26 Å². The summed E-state index contributed by atoms with van der Waals surface area (Å²) in [6, 6.07) is 13.8. The largest absolute Gasteiger partial charge is 0.456 e. The quantitative estimate of drug-likeness (QED) is 0.672. The highest BCUT2D eigenvalue weighted by molar-refractivity contribution is 5.99. The number of nitriles is 1. The van der Waals surface area contributed by atoms with Crippen molar-refractivity contribution in [2.45, 2.75) is 6.92 Å². The molecule has 2 N–H and O–H groups in total. The summed E-state index contributed by atoms with van der Waals surface area (Å²) in [5.41, 5.74) is 7.04. The Morgan fingerprint density at radius 2 is 2.00 bits per heavy atom. The van der Waals surface area contributed by atoms with Crippen LogP contribution in [0.4, 0.5) is 5.69 Å². The third-order valence-corrected chi connectivity index (χ3v) is 2.64. The number of ketones is 1. The molecule has 0 amide bonds. The monoisotopic (exact) mass is 252 g/mol. The molecule has 2 aromatic rings. The van der Waals surface area contributed by atoms with Crippen LogP contribution in [-0.2, 0) is 0 Å². The van der Waals surface area contributed by atoms with E-state index in [-0.39, 0.29) is 5.78 Å². The predicted octanol–water partition coefficient (Wildman–Crippen LogP) is 3.14. The lowest BCUT2D eigenvalue weighted by atomic mass is 10.1. The van der Waals surface area contributed by atoms with Gasteiger partial charge in [-0.15, -0.1) is 0 Å². The van der Waals surface area contributed by atoms with Crippen molar-refractivity contribution < 1.29 is 9.53 Å². The first-order valence-electron chi connectivity index (χ1n) is 5.69. The summed E-state index contributed by atoms with van der Waals surface area (Å²) in [5, 5.41) is 8.97. The van der Waals surface area contributed by atoms with E-state index in [1.54, 1.807) is 42.5 Å². The molecule has 4 nitrogen and oxygen atoms in total. The van der Waals surface area contributed by atoms with Gasteiger partial charge in [0, 0.05) is 17.3 Å². The number of rotatable bonds is 3. The van der Waals surface area contributed by atoms with Crippen LogP contribution in [0.5, 0.6) is 11.5 Å². The maximum Gasteiger partial charge on any atom is 0.161 e. The maximum absolute atomic E-state index is 11.3. The van der Waals surface area contributed by atoms with Crippen molar-refractivity contribution in [3.63, 3.8) is 0 Å². The van der Waals surface area contributed by atoms with E-state index >= 15 is 0 Å². The topological polar surface area (TPSA) is 76.1 Å². The number of benzene rings is 2. The highest BCUT2D eigenvalue weighted by Gasteiger charge is 2.08. The van der Waals surface area contributed by atoms with Gasteiger partial charge in [0.1, 0.15) is 17.6 Å². The number of nitrogens with zero attached hydrogens (tertiary/aromatic N) is 1. The zero-order valence-electron chi connectivity index (χ0n) is 10.4. The first-order valence-corrected chi connectivity index (χ1v) is 5.69. The first kappa shape index (κ1) is 12.7. The number of hydrogen-bond donors (Lipinski definition) is 1. The molecule has 0 aliphatic heterocycles. The Hall–Kier alpha value is -2.80. The van der Waals surface area contributed by atoms with Crippen LogP contribution in [0.2, 0.25) is 0 Å². The van der Waals surface area contributed by atoms with E-state index in [1.165, 1.54) is 6.92 Å². The number of anilines is 1. The molecule has 0 heterocycles. The van der Waals surface area contributed by atoms with Crippen molar-refractivity contribution in [2.75, 3.05) is 5.73 Å². The summed E-state index contributed by atoms with van der Waals surface area (Å²) in [7, 11) is 0. The smallest absolute Gasteiger partial charge is 0.161 e. The van der Waals surface area contributed by atoms with E-state index in [0.29, 0.717) is 28.3 Å². The number of ether oxygens (including phenoxy) is 1.